The van der Waals surface area contributed by atoms with E-state index in [1.807, 2.05) is 0 Å². The lowest BCUT2D eigenvalue weighted by atomic mass is 9.84. The Morgan fingerprint density at radius 1 is 0.829 bits per heavy atom. The van der Waals surface area contributed by atoms with Gasteiger partial charge in [-0.1, -0.05) is 6.07 Å². The number of benzene rings is 3. The summed E-state index contributed by atoms with van der Waals surface area (Å²) in [6, 6.07) is 9.73. The molecule has 0 saturated heterocycles. The van der Waals surface area contributed by atoms with Crippen molar-refractivity contribution in [2.45, 2.75) is 12.3 Å². The smallest absolute Gasteiger partial charge is 0.312 e. The van der Waals surface area contributed by atoms with E-state index in [0.29, 0.717) is 30.3 Å². The van der Waals surface area contributed by atoms with Gasteiger partial charge in [0, 0.05) is 11.5 Å². The predicted octanol–water partition coefficient (Wildman–Crippen LogP) is 4.93. The maximum atomic E-state index is 14.0. The first-order valence-electron chi connectivity index (χ1n) is 10.7. The Balaban J connectivity index is 1.43. The highest BCUT2D eigenvalue weighted by Crippen LogP contribution is 2.49. The lowest BCUT2D eigenvalue weighted by Crippen LogP contribution is -2.22. The Kier molecular flexibility index (Phi) is 4.80. The van der Waals surface area contributed by atoms with Crippen LogP contribution in [0.25, 0.3) is 6.08 Å². The Morgan fingerprint density at radius 3 is 2.31 bits per heavy atom. The number of ether oxygens (including phenoxy) is 4. The Hall–Kier alpha value is -4.27. The van der Waals surface area contributed by atoms with Crippen molar-refractivity contribution in [2.75, 3.05) is 13.2 Å². The van der Waals surface area contributed by atoms with Crippen LogP contribution in [0.2, 0.25) is 0 Å². The molecule has 0 radical (unpaired) electrons. The van der Waals surface area contributed by atoms with Crippen LogP contribution in [-0.4, -0.2) is 25.0 Å². The molecule has 3 heterocycles. The summed E-state index contributed by atoms with van der Waals surface area (Å²) in [5.41, 5.74) is 1.14. The number of carbonyl (C=O) groups is 2. The number of hydrogen-bond acceptors (Lipinski definition) is 6. The third kappa shape index (κ3) is 3.51. The van der Waals surface area contributed by atoms with Crippen LogP contribution in [0.3, 0.4) is 0 Å². The second-order valence-electron chi connectivity index (χ2n) is 8.23. The fourth-order valence-corrected chi connectivity index (χ4v) is 4.47. The molecule has 6 nitrogen and oxygen atoms in total. The average Bonchev–Trinajstić information content (AvgIpc) is 3.16. The van der Waals surface area contributed by atoms with Crippen LogP contribution in [0.4, 0.5) is 13.2 Å². The van der Waals surface area contributed by atoms with Gasteiger partial charge in [0.25, 0.3) is 0 Å². The van der Waals surface area contributed by atoms with E-state index >= 15 is 0 Å². The summed E-state index contributed by atoms with van der Waals surface area (Å²) in [6.45, 7) is 0.855. The molecule has 0 bridgehead atoms. The number of halogens is 3. The van der Waals surface area contributed by atoms with Crippen molar-refractivity contribution in [3.05, 3.63) is 87.9 Å². The van der Waals surface area contributed by atoms with Crippen molar-refractivity contribution in [3.8, 4) is 23.0 Å². The van der Waals surface area contributed by atoms with Crippen LogP contribution in [0.1, 0.15) is 39.4 Å². The van der Waals surface area contributed by atoms with E-state index < -0.39 is 35.1 Å². The second kappa shape index (κ2) is 7.90. The first-order valence-corrected chi connectivity index (χ1v) is 10.7. The molecular weight excluding hydrogens is 465 g/mol. The number of fused-ring (bicyclic) bond motifs is 4. The van der Waals surface area contributed by atoms with Gasteiger partial charge >= 0.3 is 5.97 Å². The quantitative estimate of drug-likeness (QED) is 0.224. The Morgan fingerprint density at radius 2 is 1.54 bits per heavy atom. The molecule has 0 aliphatic carbocycles. The van der Waals surface area contributed by atoms with E-state index in [-0.39, 0.29) is 40.4 Å². The molecule has 3 aliphatic rings. The summed E-state index contributed by atoms with van der Waals surface area (Å²) in [5, 5.41) is 0. The summed E-state index contributed by atoms with van der Waals surface area (Å²) >= 11 is 0. The first kappa shape index (κ1) is 21.3. The highest BCUT2D eigenvalue weighted by Gasteiger charge is 2.39. The second-order valence-corrected chi connectivity index (χ2v) is 8.23. The summed E-state index contributed by atoms with van der Waals surface area (Å²) in [5.74, 6) is -4.97. The van der Waals surface area contributed by atoms with E-state index in [1.165, 1.54) is 18.2 Å². The fourth-order valence-electron chi connectivity index (χ4n) is 4.47. The Bertz CT molecular complexity index is 1440. The molecule has 0 amide bonds. The van der Waals surface area contributed by atoms with Crippen molar-refractivity contribution < 1.29 is 41.7 Å². The normalized spacial score (nSPS) is 19.2. The zero-order valence-corrected chi connectivity index (χ0v) is 17.9. The average molecular weight is 480 g/mol. The molecule has 0 fully saturated rings. The SMILES string of the molecule is O=C1C[C@H](c2cc(F)c(F)c(F)c2)c2c(ccc3c2O/C(=C/c2ccc4c(c2)OCCO4)C3=O)O1. The van der Waals surface area contributed by atoms with E-state index in [2.05, 4.69) is 0 Å². The van der Waals surface area contributed by atoms with E-state index in [4.69, 9.17) is 18.9 Å². The maximum Gasteiger partial charge on any atom is 0.312 e. The predicted molar refractivity (Wildman–Crippen MR) is 115 cm³/mol. The minimum atomic E-state index is -1.61. The zero-order chi connectivity index (χ0) is 24.3. The molecule has 176 valence electrons. The van der Waals surface area contributed by atoms with Crippen molar-refractivity contribution in [3.63, 3.8) is 0 Å². The van der Waals surface area contributed by atoms with Crippen LogP contribution in [0.5, 0.6) is 23.0 Å². The maximum absolute atomic E-state index is 14.0. The Labute approximate surface area is 196 Å². The molecule has 1 atom stereocenters. The van der Waals surface area contributed by atoms with Crippen molar-refractivity contribution in [1.82, 2.24) is 0 Å². The number of rotatable bonds is 2. The number of hydrogen-bond donors (Lipinski definition) is 0. The minimum absolute atomic E-state index is 0.0113. The molecule has 3 aliphatic heterocycles. The first-order chi connectivity index (χ1) is 16.9. The van der Waals surface area contributed by atoms with Crippen LogP contribution in [0.15, 0.2) is 48.2 Å². The number of allylic oxidation sites excluding steroid dienone is 1. The van der Waals surface area contributed by atoms with Crippen LogP contribution in [0, 0.1) is 17.5 Å². The van der Waals surface area contributed by atoms with Crippen LogP contribution >= 0.6 is 0 Å². The highest BCUT2D eigenvalue weighted by atomic mass is 19.2. The minimum Gasteiger partial charge on any atom is -0.486 e. The molecular formula is C26H15F3O6. The molecule has 0 unspecified atom stereocenters. The summed E-state index contributed by atoms with van der Waals surface area (Å²) in [4.78, 5) is 25.3. The van der Waals surface area contributed by atoms with E-state index in [0.717, 1.165) is 12.1 Å². The van der Waals surface area contributed by atoms with Gasteiger partial charge in [0.1, 0.15) is 24.7 Å². The van der Waals surface area contributed by atoms with Gasteiger partial charge in [-0.25, -0.2) is 13.2 Å². The molecule has 9 heteroatoms. The third-order valence-corrected chi connectivity index (χ3v) is 6.05. The number of carbonyl (C=O) groups excluding carboxylic acids is 2. The van der Waals surface area contributed by atoms with Gasteiger partial charge in [-0.3, -0.25) is 9.59 Å². The number of Topliss-reactive ketones (excluding diaryl/α,β-unsaturated/α-hetero) is 1. The highest BCUT2D eigenvalue weighted by molar-refractivity contribution is 6.15. The van der Waals surface area contributed by atoms with Gasteiger partial charge in [0.15, 0.2) is 34.7 Å². The van der Waals surface area contributed by atoms with Crippen LogP contribution < -0.4 is 18.9 Å². The lowest BCUT2D eigenvalue weighted by molar-refractivity contribution is -0.135. The molecule has 0 saturated carbocycles. The van der Waals surface area contributed by atoms with Gasteiger partial charge in [-0.05, 0) is 53.6 Å². The summed E-state index contributed by atoms with van der Waals surface area (Å²) in [6.07, 6.45) is 1.26. The zero-order valence-electron chi connectivity index (χ0n) is 17.9. The molecule has 3 aromatic carbocycles. The molecule has 0 N–H and O–H groups in total. The topological polar surface area (TPSA) is 71.1 Å². The number of ketones is 1. The molecule has 0 spiro atoms. The largest absolute Gasteiger partial charge is 0.486 e. The summed E-state index contributed by atoms with van der Waals surface area (Å²) < 4.78 is 63.8. The summed E-state index contributed by atoms with van der Waals surface area (Å²) in [7, 11) is 0. The monoisotopic (exact) mass is 480 g/mol. The lowest BCUT2D eigenvalue weighted by Gasteiger charge is -2.26. The number of esters is 1. The molecule has 6 rings (SSSR count). The molecule has 3 aromatic rings. The van der Waals surface area contributed by atoms with Gasteiger partial charge in [-0.15, -0.1) is 0 Å². The van der Waals surface area contributed by atoms with Gasteiger partial charge in [-0.2, -0.15) is 0 Å². The van der Waals surface area contributed by atoms with Crippen LogP contribution in [-0.2, 0) is 4.79 Å². The van der Waals surface area contributed by atoms with E-state index in [1.54, 1.807) is 18.2 Å². The van der Waals surface area contributed by atoms with Crippen molar-refractivity contribution in [1.29, 1.82) is 0 Å². The molecule has 35 heavy (non-hydrogen) atoms. The standard InChI is InChI=1S/C26H15F3O6/c27-16-9-13(10-17(28)24(16)29)15-11-22(30)34-19-4-2-14-25(31)21(35-26(14)23(15)19)8-12-1-3-18-20(7-12)33-6-5-32-18/h1-4,7-10,15H,5-6,11H2/b21-8+/t15-/m1/s1. The van der Waals surface area contributed by atoms with E-state index in [9.17, 15) is 22.8 Å². The third-order valence-electron chi connectivity index (χ3n) is 6.05. The fraction of sp³-hybridized carbons (Fsp3) is 0.154. The van der Waals surface area contributed by atoms with Crippen molar-refractivity contribution >= 4 is 17.8 Å². The van der Waals surface area contributed by atoms with Crippen molar-refractivity contribution in [2.24, 2.45) is 0 Å². The van der Waals surface area contributed by atoms with Gasteiger partial charge in [0.05, 0.1) is 12.0 Å². The molecule has 0 aromatic heterocycles. The van der Waals surface area contributed by atoms with Gasteiger partial charge < -0.3 is 18.9 Å². The van der Waals surface area contributed by atoms with Gasteiger partial charge in [0.2, 0.25) is 5.78 Å².